The van der Waals surface area contributed by atoms with Gasteiger partial charge in [-0.15, -0.1) is 0 Å². The molecule has 0 bridgehead atoms. The molecule has 0 unspecified atom stereocenters. The SMILES string of the molecule is CCN(C)C(=O)CN(CCCN)C1CC1. The highest BCUT2D eigenvalue weighted by molar-refractivity contribution is 5.78. The molecule has 0 spiro atoms. The van der Waals surface area contributed by atoms with Crippen molar-refractivity contribution in [3.63, 3.8) is 0 Å². The van der Waals surface area contributed by atoms with Gasteiger partial charge in [-0.3, -0.25) is 9.69 Å². The highest BCUT2D eigenvalue weighted by atomic mass is 16.2. The summed E-state index contributed by atoms with van der Waals surface area (Å²) in [5, 5.41) is 0. The first kappa shape index (κ1) is 12.5. The first-order valence-electron chi connectivity index (χ1n) is 5.87. The quantitative estimate of drug-likeness (QED) is 0.661. The molecule has 0 aromatic rings. The maximum Gasteiger partial charge on any atom is 0.236 e. The summed E-state index contributed by atoms with van der Waals surface area (Å²) in [5.74, 6) is 0.224. The zero-order chi connectivity index (χ0) is 11.3. The predicted octanol–water partition coefficient (Wildman–Crippen LogP) is 0.278. The maximum absolute atomic E-state index is 11.7. The van der Waals surface area contributed by atoms with Gasteiger partial charge >= 0.3 is 0 Å². The molecule has 0 atom stereocenters. The van der Waals surface area contributed by atoms with E-state index in [-0.39, 0.29) is 5.91 Å². The topological polar surface area (TPSA) is 49.6 Å². The van der Waals surface area contributed by atoms with Crippen molar-refractivity contribution in [1.29, 1.82) is 0 Å². The van der Waals surface area contributed by atoms with E-state index in [2.05, 4.69) is 4.90 Å². The van der Waals surface area contributed by atoms with Gasteiger partial charge in [-0.2, -0.15) is 0 Å². The fourth-order valence-corrected chi connectivity index (χ4v) is 1.60. The molecule has 0 heterocycles. The van der Waals surface area contributed by atoms with Crippen LogP contribution in [0.3, 0.4) is 0 Å². The number of carbonyl (C=O) groups is 1. The third-order valence-electron chi connectivity index (χ3n) is 2.95. The van der Waals surface area contributed by atoms with Crippen molar-refractivity contribution >= 4 is 5.91 Å². The number of nitrogens with two attached hydrogens (primary N) is 1. The van der Waals surface area contributed by atoms with Crippen LogP contribution < -0.4 is 5.73 Å². The Kier molecular flexibility index (Phi) is 5.05. The van der Waals surface area contributed by atoms with E-state index >= 15 is 0 Å². The van der Waals surface area contributed by atoms with Gasteiger partial charge in [0, 0.05) is 26.2 Å². The van der Waals surface area contributed by atoms with E-state index in [4.69, 9.17) is 5.73 Å². The third-order valence-corrected chi connectivity index (χ3v) is 2.95. The molecular weight excluding hydrogens is 190 g/mol. The van der Waals surface area contributed by atoms with E-state index in [1.807, 2.05) is 14.0 Å². The lowest BCUT2D eigenvalue weighted by Gasteiger charge is -2.24. The molecule has 0 aromatic carbocycles. The van der Waals surface area contributed by atoms with Crippen LogP contribution in [0.2, 0.25) is 0 Å². The lowest BCUT2D eigenvalue weighted by molar-refractivity contribution is -0.131. The van der Waals surface area contributed by atoms with Crippen molar-refractivity contribution in [3.05, 3.63) is 0 Å². The molecule has 88 valence electrons. The van der Waals surface area contributed by atoms with E-state index in [0.717, 1.165) is 19.5 Å². The zero-order valence-corrected chi connectivity index (χ0v) is 9.91. The van der Waals surface area contributed by atoms with Gasteiger partial charge in [-0.1, -0.05) is 0 Å². The largest absolute Gasteiger partial charge is 0.345 e. The minimum absolute atomic E-state index is 0.224. The van der Waals surface area contributed by atoms with Crippen LogP contribution in [0.5, 0.6) is 0 Å². The van der Waals surface area contributed by atoms with E-state index in [1.54, 1.807) is 4.90 Å². The van der Waals surface area contributed by atoms with Gasteiger partial charge in [0.1, 0.15) is 0 Å². The maximum atomic E-state index is 11.7. The van der Waals surface area contributed by atoms with E-state index in [9.17, 15) is 4.79 Å². The van der Waals surface area contributed by atoms with Crippen LogP contribution in [-0.2, 0) is 4.79 Å². The molecule has 0 aromatic heterocycles. The summed E-state index contributed by atoms with van der Waals surface area (Å²) in [6, 6.07) is 0.644. The Morgan fingerprint density at radius 1 is 1.47 bits per heavy atom. The van der Waals surface area contributed by atoms with Crippen molar-refractivity contribution in [3.8, 4) is 0 Å². The first-order valence-corrected chi connectivity index (χ1v) is 5.87. The normalized spacial score (nSPS) is 15.7. The molecule has 4 heteroatoms. The lowest BCUT2D eigenvalue weighted by Crippen LogP contribution is -2.40. The lowest BCUT2D eigenvalue weighted by atomic mass is 10.3. The summed E-state index contributed by atoms with van der Waals surface area (Å²) in [4.78, 5) is 15.8. The molecule has 1 aliphatic rings. The van der Waals surface area contributed by atoms with Crippen molar-refractivity contribution < 1.29 is 4.79 Å². The Labute approximate surface area is 92.4 Å². The number of likely N-dealkylation sites (N-methyl/N-ethyl adjacent to an activating group) is 1. The highest BCUT2D eigenvalue weighted by Crippen LogP contribution is 2.26. The summed E-state index contributed by atoms with van der Waals surface area (Å²) in [6.45, 7) is 5.02. The second-order valence-corrected chi connectivity index (χ2v) is 4.25. The molecular formula is C11H23N3O. The Balaban J connectivity index is 2.33. The second kappa shape index (κ2) is 6.08. The predicted molar refractivity (Wildman–Crippen MR) is 61.6 cm³/mol. The van der Waals surface area contributed by atoms with Crippen molar-refractivity contribution in [1.82, 2.24) is 9.80 Å². The molecule has 1 rings (SSSR count). The molecule has 15 heavy (non-hydrogen) atoms. The smallest absolute Gasteiger partial charge is 0.236 e. The summed E-state index contributed by atoms with van der Waals surface area (Å²) in [5.41, 5.74) is 5.49. The summed E-state index contributed by atoms with van der Waals surface area (Å²) in [6.07, 6.45) is 3.47. The number of carbonyl (C=O) groups excluding carboxylic acids is 1. The Morgan fingerprint density at radius 2 is 2.13 bits per heavy atom. The standard InChI is InChI=1S/C11H23N3O/c1-3-13(2)11(15)9-14(8-4-7-12)10-5-6-10/h10H,3-9,12H2,1-2H3. The molecule has 4 nitrogen and oxygen atoms in total. The monoisotopic (exact) mass is 213 g/mol. The number of amides is 1. The molecule has 0 aliphatic heterocycles. The fourth-order valence-electron chi connectivity index (χ4n) is 1.60. The van der Waals surface area contributed by atoms with Crippen molar-refractivity contribution in [2.45, 2.75) is 32.2 Å². The third kappa shape index (κ3) is 4.18. The number of nitrogens with zero attached hydrogens (tertiary/aromatic N) is 2. The van der Waals surface area contributed by atoms with Gasteiger partial charge in [0.25, 0.3) is 0 Å². The fraction of sp³-hybridized carbons (Fsp3) is 0.909. The van der Waals surface area contributed by atoms with Gasteiger partial charge in [0.15, 0.2) is 0 Å². The minimum atomic E-state index is 0.224. The minimum Gasteiger partial charge on any atom is -0.345 e. The molecule has 1 fully saturated rings. The highest BCUT2D eigenvalue weighted by Gasteiger charge is 2.30. The molecule has 1 saturated carbocycles. The zero-order valence-electron chi connectivity index (χ0n) is 9.91. The van der Waals surface area contributed by atoms with Crippen LogP contribution in [0.4, 0.5) is 0 Å². The number of rotatable bonds is 7. The van der Waals surface area contributed by atoms with Gasteiger partial charge in [0.05, 0.1) is 6.54 Å². The Hall–Kier alpha value is -0.610. The van der Waals surface area contributed by atoms with Gasteiger partial charge in [0.2, 0.25) is 5.91 Å². The van der Waals surface area contributed by atoms with Crippen LogP contribution in [0, 0.1) is 0 Å². The van der Waals surface area contributed by atoms with Gasteiger partial charge in [-0.25, -0.2) is 0 Å². The van der Waals surface area contributed by atoms with E-state index in [1.165, 1.54) is 12.8 Å². The van der Waals surface area contributed by atoms with Crippen molar-refractivity contribution in [2.75, 3.05) is 33.2 Å². The second-order valence-electron chi connectivity index (χ2n) is 4.25. The molecule has 2 N–H and O–H groups in total. The molecule has 0 radical (unpaired) electrons. The van der Waals surface area contributed by atoms with Crippen molar-refractivity contribution in [2.24, 2.45) is 5.73 Å². The number of hydrogen-bond acceptors (Lipinski definition) is 3. The van der Waals surface area contributed by atoms with Gasteiger partial charge in [-0.05, 0) is 32.7 Å². The average Bonchev–Trinajstić information content (AvgIpc) is 3.06. The first-order chi connectivity index (χ1) is 7.19. The van der Waals surface area contributed by atoms with Crippen LogP contribution >= 0.6 is 0 Å². The van der Waals surface area contributed by atoms with Crippen LogP contribution in [-0.4, -0.2) is 55.0 Å². The van der Waals surface area contributed by atoms with Crippen LogP contribution in [0.1, 0.15) is 26.2 Å². The van der Waals surface area contributed by atoms with Crippen LogP contribution in [0.15, 0.2) is 0 Å². The molecule has 1 aliphatic carbocycles. The van der Waals surface area contributed by atoms with E-state index in [0.29, 0.717) is 19.1 Å². The summed E-state index contributed by atoms with van der Waals surface area (Å²) in [7, 11) is 1.86. The molecule has 1 amide bonds. The Morgan fingerprint density at radius 3 is 2.60 bits per heavy atom. The van der Waals surface area contributed by atoms with Gasteiger partial charge < -0.3 is 10.6 Å². The Bertz CT molecular complexity index is 204. The van der Waals surface area contributed by atoms with E-state index < -0.39 is 0 Å². The summed E-state index contributed by atoms with van der Waals surface area (Å²) < 4.78 is 0. The van der Waals surface area contributed by atoms with Crippen LogP contribution in [0.25, 0.3) is 0 Å². The summed E-state index contributed by atoms with van der Waals surface area (Å²) >= 11 is 0. The number of hydrogen-bond donors (Lipinski definition) is 1. The average molecular weight is 213 g/mol. The molecule has 0 saturated heterocycles.